The molecule has 2 fully saturated rings. The van der Waals surface area contributed by atoms with E-state index in [-0.39, 0.29) is 11.9 Å². The van der Waals surface area contributed by atoms with E-state index in [0.717, 1.165) is 51.1 Å². The van der Waals surface area contributed by atoms with Crippen molar-refractivity contribution in [3.8, 4) is 0 Å². The smallest absolute Gasteiger partial charge is 0.317 e. The number of benzene rings is 1. The Morgan fingerprint density at radius 1 is 1.20 bits per heavy atom. The number of amides is 3. The third kappa shape index (κ3) is 4.51. The molecular weight excluding hydrogens is 316 g/mol. The van der Waals surface area contributed by atoms with Gasteiger partial charge in [0.05, 0.1) is 6.54 Å². The molecule has 0 saturated carbocycles. The monoisotopic (exact) mass is 344 g/mol. The quantitative estimate of drug-likeness (QED) is 0.851. The third-order valence-corrected chi connectivity index (χ3v) is 5.20. The van der Waals surface area contributed by atoms with E-state index in [2.05, 4.69) is 22.3 Å². The van der Waals surface area contributed by atoms with Crippen molar-refractivity contribution in [3.05, 3.63) is 35.9 Å². The summed E-state index contributed by atoms with van der Waals surface area (Å²) >= 11 is 0. The fourth-order valence-electron chi connectivity index (χ4n) is 3.70. The van der Waals surface area contributed by atoms with Crippen LogP contribution in [0, 0.1) is 0 Å². The highest BCUT2D eigenvalue weighted by Crippen LogP contribution is 2.18. The van der Waals surface area contributed by atoms with Gasteiger partial charge in [-0.2, -0.15) is 0 Å². The third-order valence-electron chi connectivity index (χ3n) is 5.20. The lowest BCUT2D eigenvalue weighted by atomic mass is 10.0. The molecule has 2 heterocycles. The molecule has 0 aliphatic carbocycles. The normalized spacial score (nSPS) is 19.1. The Morgan fingerprint density at radius 3 is 2.52 bits per heavy atom. The summed E-state index contributed by atoms with van der Waals surface area (Å²) in [6.07, 6.45) is 1.90. The lowest BCUT2D eigenvalue weighted by molar-refractivity contribution is -0.133. The van der Waals surface area contributed by atoms with Crippen LogP contribution in [-0.4, -0.2) is 71.9 Å². The van der Waals surface area contributed by atoms with Crippen molar-refractivity contribution in [1.82, 2.24) is 20.0 Å². The molecule has 0 unspecified atom stereocenters. The number of nitrogens with one attached hydrogen (secondary N) is 1. The van der Waals surface area contributed by atoms with Crippen LogP contribution in [0.4, 0.5) is 4.79 Å². The highest BCUT2D eigenvalue weighted by molar-refractivity contribution is 5.78. The van der Waals surface area contributed by atoms with Crippen LogP contribution < -0.4 is 5.32 Å². The molecule has 1 N–H and O–H groups in total. The average molecular weight is 344 g/mol. The SMILES string of the molecule is CCN(Cc1ccccc1)C(=O)CN1CCC(N2CCNC2=O)CC1. The minimum atomic E-state index is 0.0644. The summed E-state index contributed by atoms with van der Waals surface area (Å²) < 4.78 is 0. The maximum Gasteiger partial charge on any atom is 0.317 e. The molecule has 0 bridgehead atoms. The number of urea groups is 1. The van der Waals surface area contributed by atoms with Gasteiger partial charge < -0.3 is 15.1 Å². The first-order chi connectivity index (χ1) is 12.2. The van der Waals surface area contributed by atoms with Gasteiger partial charge in [-0.1, -0.05) is 30.3 Å². The van der Waals surface area contributed by atoms with Crippen LogP contribution in [0.2, 0.25) is 0 Å². The molecule has 0 spiro atoms. The molecule has 2 saturated heterocycles. The van der Waals surface area contributed by atoms with Crippen LogP contribution in [-0.2, 0) is 11.3 Å². The average Bonchev–Trinajstić information content (AvgIpc) is 3.07. The highest BCUT2D eigenvalue weighted by atomic mass is 16.2. The zero-order chi connectivity index (χ0) is 17.6. The predicted octanol–water partition coefficient (Wildman–Crippen LogP) is 1.52. The summed E-state index contributed by atoms with van der Waals surface area (Å²) in [6.45, 7) is 7.20. The molecule has 0 radical (unpaired) electrons. The topological polar surface area (TPSA) is 55.9 Å². The van der Waals surface area contributed by atoms with E-state index < -0.39 is 0 Å². The van der Waals surface area contributed by atoms with Gasteiger partial charge in [0, 0.05) is 45.3 Å². The molecule has 1 aromatic rings. The number of piperidine rings is 1. The van der Waals surface area contributed by atoms with Crippen LogP contribution in [0.15, 0.2) is 30.3 Å². The number of carbonyl (C=O) groups is 2. The van der Waals surface area contributed by atoms with Gasteiger partial charge in [0.25, 0.3) is 0 Å². The molecule has 3 amide bonds. The fraction of sp³-hybridized carbons (Fsp3) is 0.579. The van der Waals surface area contributed by atoms with Gasteiger partial charge in [-0.3, -0.25) is 9.69 Å². The summed E-state index contributed by atoms with van der Waals surface area (Å²) in [6, 6.07) is 10.5. The van der Waals surface area contributed by atoms with Gasteiger partial charge in [0.1, 0.15) is 0 Å². The van der Waals surface area contributed by atoms with Gasteiger partial charge in [-0.25, -0.2) is 4.79 Å². The van der Waals surface area contributed by atoms with E-state index in [1.54, 1.807) is 0 Å². The van der Waals surface area contributed by atoms with Crippen molar-refractivity contribution in [2.24, 2.45) is 0 Å². The summed E-state index contributed by atoms with van der Waals surface area (Å²) in [4.78, 5) is 30.5. The molecule has 136 valence electrons. The van der Waals surface area contributed by atoms with Crippen molar-refractivity contribution >= 4 is 11.9 Å². The highest BCUT2D eigenvalue weighted by Gasteiger charge is 2.31. The van der Waals surface area contributed by atoms with Crippen molar-refractivity contribution in [2.75, 3.05) is 39.3 Å². The van der Waals surface area contributed by atoms with Crippen molar-refractivity contribution < 1.29 is 9.59 Å². The molecule has 0 atom stereocenters. The van der Waals surface area contributed by atoms with Crippen LogP contribution >= 0.6 is 0 Å². The number of hydrogen-bond acceptors (Lipinski definition) is 3. The zero-order valence-electron chi connectivity index (χ0n) is 15.0. The summed E-state index contributed by atoms with van der Waals surface area (Å²) in [5.74, 6) is 0.184. The number of likely N-dealkylation sites (N-methyl/N-ethyl adjacent to an activating group) is 1. The molecule has 2 aliphatic rings. The van der Waals surface area contributed by atoms with Gasteiger partial charge in [0.2, 0.25) is 5.91 Å². The minimum Gasteiger partial charge on any atom is -0.338 e. The van der Waals surface area contributed by atoms with E-state index >= 15 is 0 Å². The fourth-order valence-corrected chi connectivity index (χ4v) is 3.70. The Hall–Kier alpha value is -2.08. The Morgan fingerprint density at radius 2 is 1.92 bits per heavy atom. The molecule has 2 aliphatic heterocycles. The van der Waals surface area contributed by atoms with Crippen LogP contribution in [0.25, 0.3) is 0 Å². The van der Waals surface area contributed by atoms with Crippen LogP contribution in [0.3, 0.4) is 0 Å². The first kappa shape index (κ1) is 17.7. The second kappa shape index (κ2) is 8.34. The van der Waals surface area contributed by atoms with Gasteiger partial charge in [-0.15, -0.1) is 0 Å². The molecule has 3 rings (SSSR count). The molecule has 25 heavy (non-hydrogen) atoms. The Labute approximate surface area is 149 Å². The number of likely N-dealkylation sites (tertiary alicyclic amines) is 1. The molecule has 0 aromatic heterocycles. The van der Waals surface area contributed by atoms with E-state index in [1.807, 2.05) is 34.9 Å². The molecule has 1 aromatic carbocycles. The Kier molecular flexibility index (Phi) is 5.91. The zero-order valence-corrected chi connectivity index (χ0v) is 15.0. The lowest BCUT2D eigenvalue weighted by Gasteiger charge is -2.36. The maximum absolute atomic E-state index is 12.6. The molecule has 6 nitrogen and oxygen atoms in total. The van der Waals surface area contributed by atoms with Crippen LogP contribution in [0.5, 0.6) is 0 Å². The van der Waals surface area contributed by atoms with Gasteiger partial charge in [0.15, 0.2) is 0 Å². The number of rotatable bonds is 6. The van der Waals surface area contributed by atoms with E-state index in [4.69, 9.17) is 0 Å². The van der Waals surface area contributed by atoms with Crippen molar-refractivity contribution in [1.29, 1.82) is 0 Å². The predicted molar refractivity (Wildman–Crippen MR) is 97.1 cm³/mol. The van der Waals surface area contributed by atoms with E-state index in [0.29, 0.717) is 19.1 Å². The number of hydrogen-bond donors (Lipinski definition) is 1. The molecule has 6 heteroatoms. The van der Waals surface area contributed by atoms with E-state index in [9.17, 15) is 9.59 Å². The minimum absolute atomic E-state index is 0.0644. The first-order valence-corrected chi connectivity index (χ1v) is 9.26. The second-order valence-electron chi connectivity index (χ2n) is 6.83. The van der Waals surface area contributed by atoms with Gasteiger partial charge in [-0.05, 0) is 25.3 Å². The summed E-state index contributed by atoms with van der Waals surface area (Å²) in [7, 11) is 0. The lowest BCUT2D eigenvalue weighted by Crippen LogP contribution is -2.48. The second-order valence-corrected chi connectivity index (χ2v) is 6.83. The van der Waals surface area contributed by atoms with Gasteiger partial charge >= 0.3 is 6.03 Å². The van der Waals surface area contributed by atoms with Crippen molar-refractivity contribution in [3.63, 3.8) is 0 Å². The first-order valence-electron chi connectivity index (χ1n) is 9.26. The summed E-state index contributed by atoms with van der Waals surface area (Å²) in [5, 5.41) is 2.87. The number of nitrogens with zero attached hydrogens (tertiary/aromatic N) is 3. The Balaban J connectivity index is 1.47. The van der Waals surface area contributed by atoms with Crippen molar-refractivity contribution in [2.45, 2.75) is 32.4 Å². The van der Waals surface area contributed by atoms with E-state index in [1.165, 1.54) is 0 Å². The standard InChI is InChI=1S/C19H28N4O2/c1-2-22(14-16-6-4-3-5-7-16)18(24)15-21-11-8-17(9-12-21)23-13-10-20-19(23)25/h3-7,17H,2,8-15H2,1H3,(H,20,25). The number of carbonyl (C=O) groups excluding carboxylic acids is 2. The Bertz CT molecular complexity index is 584. The summed E-state index contributed by atoms with van der Waals surface area (Å²) in [5.41, 5.74) is 1.16. The largest absolute Gasteiger partial charge is 0.338 e. The molecular formula is C19H28N4O2. The van der Waals surface area contributed by atoms with Crippen LogP contribution in [0.1, 0.15) is 25.3 Å². The maximum atomic E-state index is 12.6.